The number of carboxylic acid groups (broad SMARTS) is 1. The molecule has 2 saturated carbocycles. The summed E-state index contributed by atoms with van der Waals surface area (Å²) in [5.74, 6) is 0.183. The van der Waals surface area contributed by atoms with Crippen LogP contribution in [0.1, 0.15) is 38.1 Å². The summed E-state index contributed by atoms with van der Waals surface area (Å²) in [6.07, 6.45) is 16.0. The minimum absolute atomic E-state index is 0.158. The van der Waals surface area contributed by atoms with Gasteiger partial charge < -0.3 is 14.7 Å². The van der Waals surface area contributed by atoms with Crippen LogP contribution in [0.4, 0.5) is 0 Å². The van der Waals surface area contributed by atoms with Crippen molar-refractivity contribution in [3.05, 3.63) is 60.4 Å². The molecule has 7 rings (SSSR count). The average Bonchev–Trinajstić information content (AvgIpc) is 3.50. The Morgan fingerprint density at radius 1 is 1.08 bits per heavy atom. The van der Waals surface area contributed by atoms with E-state index in [0.717, 1.165) is 58.8 Å². The van der Waals surface area contributed by atoms with Gasteiger partial charge in [0.1, 0.15) is 11.3 Å². The van der Waals surface area contributed by atoms with Crippen LogP contribution in [0.25, 0.3) is 44.6 Å². The zero-order valence-electron chi connectivity index (χ0n) is 20.0. The summed E-state index contributed by atoms with van der Waals surface area (Å²) in [4.78, 5) is 34.1. The molecule has 2 aliphatic carbocycles. The summed E-state index contributed by atoms with van der Waals surface area (Å²) in [5, 5.41) is 12.6. The summed E-state index contributed by atoms with van der Waals surface area (Å²) in [7, 11) is 0. The topological polar surface area (TPSA) is 110 Å². The number of halogens is 1. The van der Waals surface area contributed by atoms with E-state index in [1.54, 1.807) is 18.6 Å². The molecule has 186 valence electrons. The molecule has 5 heterocycles. The number of hydrogen-bond donors (Lipinski definition) is 2. The molecule has 2 aliphatic rings. The van der Waals surface area contributed by atoms with E-state index in [1.165, 1.54) is 0 Å². The predicted molar refractivity (Wildman–Crippen MR) is 141 cm³/mol. The second kappa shape index (κ2) is 8.66. The van der Waals surface area contributed by atoms with Crippen LogP contribution >= 0.6 is 11.6 Å². The first-order chi connectivity index (χ1) is 18.1. The number of aromatic nitrogens is 6. The average molecular weight is 513 g/mol. The summed E-state index contributed by atoms with van der Waals surface area (Å²) in [5.41, 5.74) is 4.25. The molecule has 2 fully saturated rings. The zero-order valence-corrected chi connectivity index (χ0v) is 20.8. The Labute approximate surface area is 217 Å². The molecule has 0 spiro atoms. The van der Waals surface area contributed by atoms with Gasteiger partial charge in [0.2, 0.25) is 0 Å². The Balaban J connectivity index is 1.46. The van der Waals surface area contributed by atoms with E-state index < -0.39 is 11.9 Å². The fraction of sp³-hybridized carbons (Fsp3) is 0.321. The Bertz CT molecular complexity index is 1650. The molecular weight excluding hydrogens is 488 g/mol. The first-order valence-electron chi connectivity index (χ1n) is 12.7. The van der Waals surface area contributed by atoms with Crippen LogP contribution in [0, 0.1) is 17.8 Å². The van der Waals surface area contributed by atoms with Crippen molar-refractivity contribution in [1.29, 1.82) is 0 Å². The number of fused-ring (bicyclic) bond motifs is 4. The molecule has 0 aromatic carbocycles. The largest absolute Gasteiger partial charge is 0.481 e. The number of carboxylic acids is 1. The van der Waals surface area contributed by atoms with Crippen molar-refractivity contribution < 1.29 is 9.90 Å². The molecule has 0 radical (unpaired) electrons. The second-order valence-corrected chi connectivity index (χ2v) is 10.8. The molecule has 5 aromatic heterocycles. The zero-order chi connectivity index (χ0) is 25.1. The molecule has 9 heteroatoms. The van der Waals surface area contributed by atoms with E-state index in [1.807, 2.05) is 30.6 Å². The van der Waals surface area contributed by atoms with Gasteiger partial charge in [-0.25, -0.2) is 15.0 Å². The van der Waals surface area contributed by atoms with Gasteiger partial charge in [-0.15, -0.1) is 0 Å². The van der Waals surface area contributed by atoms with E-state index >= 15 is 0 Å². The highest BCUT2D eigenvalue weighted by atomic mass is 35.5. The third kappa shape index (κ3) is 3.70. The maximum atomic E-state index is 12.5. The second-order valence-electron chi connectivity index (χ2n) is 10.3. The van der Waals surface area contributed by atoms with Gasteiger partial charge in [0, 0.05) is 59.1 Å². The normalized spacial score (nSPS) is 23.5. The van der Waals surface area contributed by atoms with Crippen molar-refractivity contribution in [2.45, 2.75) is 38.1 Å². The molecule has 4 atom stereocenters. The number of aromatic amines is 1. The Morgan fingerprint density at radius 3 is 2.78 bits per heavy atom. The lowest BCUT2D eigenvalue weighted by Crippen LogP contribution is -2.40. The lowest BCUT2D eigenvalue weighted by atomic mass is 9.65. The van der Waals surface area contributed by atoms with Gasteiger partial charge in [-0.3, -0.25) is 9.78 Å². The SMILES string of the molecule is O=C(O)C1CC2CCCC(C2)[C@H]1n1cc(-c2ccncc2)c2cnc(-c3c[nH]c4ncc(Cl)cc34)nc21. The van der Waals surface area contributed by atoms with E-state index in [4.69, 9.17) is 21.6 Å². The van der Waals surface area contributed by atoms with Crippen LogP contribution in [-0.2, 0) is 4.79 Å². The summed E-state index contributed by atoms with van der Waals surface area (Å²) < 4.78 is 2.14. The quantitative estimate of drug-likeness (QED) is 0.299. The summed E-state index contributed by atoms with van der Waals surface area (Å²) in [6.45, 7) is 0. The highest BCUT2D eigenvalue weighted by Gasteiger charge is 2.44. The molecule has 0 saturated heterocycles. The molecule has 8 nitrogen and oxygen atoms in total. The van der Waals surface area contributed by atoms with Gasteiger partial charge in [0.15, 0.2) is 5.82 Å². The van der Waals surface area contributed by atoms with Crippen molar-refractivity contribution in [2.75, 3.05) is 0 Å². The van der Waals surface area contributed by atoms with Crippen LogP contribution in [-0.4, -0.2) is 40.6 Å². The van der Waals surface area contributed by atoms with E-state index in [-0.39, 0.29) is 6.04 Å². The molecule has 0 aliphatic heterocycles. The fourth-order valence-corrected chi connectivity index (χ4v) is 6.82. The van der Waals surface area contributed by atoms with Gasteiger partial charge in [-0.05, 0) is 54.9 Å². The van der Waals surface area contributed by atoms with Crippen molar-refractivity contribution >= 4 is 39.6 Å². The molecule has 2 bridgehead atoms. The number of aliphatic carboxylic acids is 1. The van der Waals surface area contributed by atoms with Crippen LogP contribution in [0.2, 0.25) is 5.02 Å². The minimum Gasteiger partial charge on any atom is -0.481 e. The van der Waals surface area contributed by atoms with Crippen LogP contribution < -0.4 is 0 Å². The van der Waals surface area contributed by atoms with Gasteiger partial charge in [0.05, 0.1) is 17.0 Å². The third-order valence-corrected chi connectivity index (χ3v) is 8.45. The molecule has 0 amide bonds. The Morgan fingerprint density at radius 2 is 1.95 bits per heavy atom. The highest BCUT2D eigenvalue weighted by molar-refractivity contribution is 6.31. The number of H-pyrrole nitrogens is 1. The standard InChI is InChI=1S/C28H25ClN6O2/c29-18-10-19-21(12-32-25(19)31-11-18)26-33-13-22-23(16-4-6-30-7-5-16)14-35(27(22)34-26)24-17-3-1-2-15(8-17)9-20(24)28(36)37/h4-7,10-15,17,20,24H,1-3,8-9H2,(H,31,32)(H,36,37)/t15?,17?,20?,24-/m1/s1. The molecular formula is C28H25ClN6O2. The molecule has 5 aromatic rings. The Hall–Kier alpha value is -3.78. The van der Waals surface area contributed by atoms with Crippen molar-refractivity contribution in [3.8, 4) is 22.5 Å². The lowest BCUT2D eigenvalue weighted by Gasteiger charge is -2.44. The first-order valence-corrected chi connectivity index (χ1v) is 13.1. The number of hydrogen-bond acceptors (Lipinski definition) is 5. The molecule has 2 N–H and O–H groups in total. The number of carbonyl (C=O) groups is 1. The maximum Gasteiger partial charge on any atom is 0.308 e. The highest BCUT2D eigenvalue weighted by Crippen LogP contribution is 2.50. The monoisotopic (exact) mass is 512 g/mol. The van der Waals surface area contributed by atoms with Gasteiger partial charge in [-0.1, -0.05) is 24.4 Å². The fourth-order valence-electron chi connectivity index (χ4n) is 6.66. The van der Waals surface area contributed by atoms with E-state index in [9.17, 15) is 9.90 Å². The molecule has 37 heavy (non-hydrogen) atoms. The lowest BCUT2D eigenvalue weighted by molar-refractivity contribution is -0.147. The van der Waals surface area contributed by atoms with Crippen LogP contribution in [0.3, 0.4) is 0 Å². The smallest absolute Gasteiger partial charge is 0.308 e. The maximum absolute atomic E-state index is 12.5. The van der Waals surface area contributed by atoms with Crippen LogP contribution in [0.5, 0.6) is 0 Å². The van der Waals surface area contributed by atoms with Crippen LogP contribution in [0.15, 0.2) is 55.4 Å². The number of rotatable bonds is 4. The first kappa shape index (κ1) is 22.4. The number of nitrogens with zero attached hydrogens (tertiary/aromatic N) is 5. The minimum atomic E-state index is -0.722. The summed E-state index contributed by atoms with van der Waals surface area (Å²) >= 11 is 6.24. The van der Waals surface area contributed by atoms with E-state index in [2.05, 4.69) is 25.7 Å². The molecule has 3 unspecified atom stereocenters. The van der Waals surface area contributed by atoms with Crippen molar-refractivity contribution in [2.24, 2.45) is 17.8 Å². The van der Waals surface area contributed by atoms with Crippen molar-refractivity contribution in [3.63, 3.8) is 0 Å². The summed E-state index contributed by atoms with van der Waals surface area (Å²) in [6, 6.07) is 5.63. The van der Waals surface area contributed by atoms with E-state index in [0.29, 0.717) is 34.8 Å². The third-order valence-electron chi connectivity index (χ3n) is 8.25. The Kier molecular flexibility index (Phi) is 5.25. The number of nitrogens with one attached hydrogen (secondary N) is 1. The van der Waals surface area contributed by atoms with Gasteiger partial charge >= 0.3 is 5.97 Å². The van der Waals surface area contributed by atoms with Crippen molar-refractivity contribution in [1.82, 2.24) is 29.5 Å². The van der Waals surface area contributed by atoms with Gasteiger partial charge in [-0.2, -0.15) is 0 Å². The predicted octanol–water partition coefficient (Wildman–Crippen LogP) is 6.14. The number of pyridine rings is 2. The van der Waals surface area contributed by atoms with Gasteiger partial charge in [0.25, 0.3) is 0 Å².